The van der Waals surface area contributed by atoms with Crippen molar-refractivity contribution < 1.29 is 19.5 Å². The lowest BCUT2D eigenvalue weighted by atomic mass is 10.2. The van der Waals surface area contributed by atoms with Gasteiger partial charge in [-0.1, -0.05) is 6.07 Å². The van der Waals surface area contributed by atoms with Crippen molar-refractivity contribution in [1.29, 1.82) is 0 Å². The maximum Gasteiger partial charge on any atom is 0.311 e. The normalized spacial score (nSPS) is 10.7. The average molecular weight is 292 g/mol. The van der Waals surface area contributed by atoms with E-state index >= 15 is 0 Å². The molecule has 1 heterocycles. The number of nitrogens with one attached hydrogen (secondary N) is 1. The molecule has 1 amide bonds. The summed E-state index contributed by atoms with van der Waals surface area (Å²) in [6.45, 7) is 0. The fraction of sp³-hybridized carbons (Fsp3) is 0. The summed E-state index contributed by atoms with van der Waals surface area (Å²) in [4.78, 5) is 21.4. The molecule has 2 rings (SSSR count). The number of aromatic hydroxyl groups is 1. The molecular formula is C10H8N6O5. The third-order valence-corrected chi connectivity index (χ3v) is 2.34. The lowest BCUT2D eigenvalue weighted by molar-refractivity contribution is -0.385. The van der Waals surface area contributed by atoms with Gasteiger partial charge in [0.2, 0.25) is 17.3 Å². The Morgan fingerprint density at radius 2 is 2.29 bits per heavy atom. The SMILES string of the molecule is Nc1nonc1C(=O)N/N=C\c1cccc([N+](=O)[O-])c1O. The van der Waals surface area contributed by atoms with Crippen molar-refractivity contribution in [2.75, 3.05) is 5.73 Å². The Balaban J connectivity index is 2.12. The summed E-state index contributed by atoms with van der Waals surface area (Å²) in [5.74, 6) is -1.56. The summed E-state index contributed by atoms with van der Waals surface area (Å²) < 4.78 is 4.24. The Morgan fingerprint density at radius 1 is 1.52 bits per heavy atom. The lowest BCUT2D eigenvalue weighted by Gasteiger charge is -1.99. The van der Waals surface area contributed by atoms with E-state index in [2.05, 4.69) is 25.5 Å². The average Bonchev–Trinajstić information content (AvgIpc) is 2.86. The first kappa shape index (κ1) is 13.9. The van der Waals surface area contributed by atoms with E-state index in [1.807, 2.05) is 0 Å². The molecule has 11 nitrogen and oxygen atoms in total. The Hall–Kier alpha value is -3.50. The fourth-order valence-corrected chi connectivity index (χ4v) is 1.37. The molecule has 1 aromatic carbocycles. The maximum absolute atomic E-state index is 11.5. The summed E-state index contributed by atoms with van der Waals surface area (Å²) in [6.07, 6.45) is 1.03. The number of phenols is 1. The molecule has 0 bridgehead atoms. The first-order valence-electron chi connectivity index (χ1n) is 5.38. The third-order valence-electron chi connectivity index (χ3n) is 2.34. The van der Waals surface area contributed by atoms with Crippen LogP contribution >= 0.6 is 0 Å². The molecule has 11 heteroatoms. The van der Waals surface area contributed by atoms with Gasteiger partial charge in [0.15, 0.2) is 0 Å². The van der Waals surface area contributed by atoms with E-state index in [4.69, 9.17) is 5.73 Å². The molecule has 0 radical (unpaired) electrons. The van der Waals surface area contributed by atoms with E-state index < -0.39 is 22.3 Å². The monoisotopic (exact) mass is 292 g/mol. The molecule has 0 unspecified atom stereocenters. The van der Waals surface area contributed by atoms with Crippen molar-refractivity contribution in [1.82, 2.24) is 15.7 Å². The molecule has 2 aromatic rings. The van der Waals surface area contributed by atoms with Crippen molar-refractivity contribution in [3.8, 4) is 5.75 Å². The molecule has 0 saturated heterocycles. The molecule has 0 saturated carbocycles. The molecule has 0 atom stereocenters. The van der Waals surface area contributed by atoms with E-state index in [0.29, 0.717) is 0 Å². The van der Waals surface area contributed by atoms with Crippen molar-refractivity contribution in [3.63, 3.8) is 0 Å². The molecule has 0 fully saturated rings. The predicted octanol–water partition coefficient (Wildman–Crippen LogP) is 0.0295. The number of hydrazone groups is 1. The third kappa shape index (κ3) is 2.91. The predicted molar refractivity (Wildman–Crippen MR) is 68.5 cm³/mol. The second-order valence-electron chi connectivity index (χ2n) is 3.67. The minimum Gasteiger partial charge on any atom is -0.502 e. The highest BCUT2D eigenvalue weighted by molar-refractivity contribution is 5.96. The van der Waals surface area contributed by atoms with Gasteiger partial charge < -0.3 is 10.8 Å². The van der Waals surface area contributed by atoms with E-state index in [0.717, 1.165) is 12.3 Å². The van der Waals surface area contributed by atoms with Gasteiger partial charge in [-0.2, -0.15) is 5.10 Å². The van der Waals surface area contributed by atoms with Crippen LogP contribution in [0.4, 0.5) is 11.5 Å². The van der Waals surface area contributed by atoms with Crippen LogP contribution in [0.5, 0.6) is 5.75 Å². The zero-order chi connectivity index (χ0) is 15.4. The van der Waals surface area contributed by atoms with Crippen LogP contribution in [-0.4, -0.2) is 32.5 Å². The first-order valence-corrected chi connectivity index (χ1v) is 5.38. The molecule has 4 N–H and O–H groups in total. The first-order chi connectivity index (χ1) is 10.0. The number of nitro groups is 1. The molecule has 108 valence electrons. The van der Waals surface area contributed by atoms with Gasteiger partial charge in [-0.15, -0.1) is 0 Å². The van der Waals surface area contributed by atoms with Crippen molar-refractivity contribution in [3.05, 3.63) is 39.6 Å². The number of aromatic nitrogens is 2. The smallest absolute Gasteiger partial charge is 0.311 e. The highest BCUT2D eigenvalue weighted by Gasteiger charge is 2.16. The summed E-state index contributed by atoms with van der Waals surface area (Å²) in [5, 5.41) is 30.3. The van der Waals surface area contributed by atoms with Crippen LogP contribution in [0.1, 0.15) is 16.1 Å². The molecule has 0 aliphatic rings. The number of anilines is 1. The summed E-state index contributed by atoms with van der Waals surface area (Å²) in [7, 11) is 0. The number of amides is 1. The van der Waals surface area contributed by atoms with Crippen molar-refractivity contribution in [2.45, 2.75) is 0 Å². The van der Waals surface area contributed by atoms with Gasteiger partial charge in [-0.25, -0.2) is 10.1 Å². The highest BCUT2D eigenvalue weighted by atomic mass is 16.6. The summed E-state index contributed by atoms with van der Waals surface area (Å²) in [5.41, 5.74) is 6.68. The number of hydrogen-bond donors (Lipinski definition) is 3. The van der Waals surface area contributed by atoms with Gasteiger partial charge in [0.25, 0.3) is 5.91 Å². The molecule has 0 spiro atoms. The van der Waals surface area contributed by atoms with E-state index in [1.165, 1.54) is 12.1 Å². The highest BCUT2D eigenvalue weighted by Crippen LogP contribution is 2.27. The van der Waals surface area contributed by atoms with Crippen LogP contribution in [-0.2, 0) is 0 Å². The van der Waals surface area contributed by atoms with Gasteiger partial charge in [0, 0.05) is 11.6 Å². The van der Waals surface area contributed by atoms with Crippen LogP contribution in [0.2, 0.25) is 0 Å². The van der Waals surface area contributed by atoms with E-state index in [1.54, 1.807) is 0 Å². The van der Waals surface area contributed by atoms with Gasteiger partial charge in [0.05, 0.1) is 11.1 Å². The molecule has 1 aromatic heterocycles. The number of nitrogens with two attached hydrogens (primary N) is 1. The van der Waals surface area contributed by atoms with E-state index in [-0.39, 0.29) is 17.1 Å². The van der Waals surface area contributed by atoms with Crippen LogP contribution < -0.4 is 11.2 Å². The molecule has 21 heavy (non-hydrogen) atoms. The van der Waals surface area contributed by atoms with Gasteiger partial charge in [-0.05, 0) is 16.4 Å². The van der Waals surface area contributed by atoms with Crippen LogP contribution in [0.3, 0.4) is 0 Å². The number of rotatable bonds is 4. The number of carbonyl (C=O) groups excluding carboxylic acids is 1. The Bertz CT molecular complexity index is 724. The number of nitrogen functional groups attached to an aromatic ring is 1. The second-order valence-corrected chi connectivity index (χ2v) is 3.67. The van der Waals surface area contributed by atoms with Crippen LogP contribution in [0.25, 0.3) is 0 Å². The standard InChI is InChI=1S/C10H8N6O5/c11-9-7(14-21-15-9)10(18)13-12-4-5-2-1-3-6(8(5)17)16(19)20/h1-4,17H,(H2,11,15)(H,13,18)/b12-4-. The van der Waals surface area contributed by atoms with Crippen LogP contribution in [0.15, 0.2) is 27.9 Å². The number of hydrogen-bond acceptors (Lipinski definition) is 9. The fourth-order valence-electron chi connectivity index (χ4n) is 1.37. The Morgan fingerprint density at radius 3 is 2.90 bits per heavy atom. The lowest BCUT2D eigenvalue weighted by Crippen LogP contribution is -2.19. The number of para-hydroxylation sites is 1. The van der Waals surface area contributed by atoms with Gasteiger partial charge in [-0.3, -0.25) is 14.9 Å². The Kier molecular flexibility index (Phi) is 3.74. The summed E-state index contributed by atoms with van der Waals surface area (Å²) >= 11 is 0. The zero-order valence-electron chi connectivity index (χ0n) is 10.3. The largest absolute Gasteiger partial charge is 0.502 e. The quantitative estimate of drug-likeness (QED) is 0.402. The molecule has 0 aliphatic heterocycles. The number of benzene rings is 1. The number of phenolic OH excluding ortho intramolecular Hbond substituents is 1. The van der Waals surface area contributed by atoms with Gasteiger partial charge >= 0.3 is 5.69 Å². The Labute approximate surface area is 116 Å². The van der Waals surface area contributed by atoms with Crippen LogP contribution in [0, 0.1) is 10.1 Å². The molecular weight excluding hydrogens is 284 g/mol. The minimum atomic E-state index is -0.782. The van der Waals surface area contributed by atoms with Gasteiger partial charge in [0.1, 0.15) is 0 Å². The number of carbonyl (C=O) groups is 1. The maximum atomic E-state index is 11.5. The van der Waals surface area contributed by atoms with Crippen molar-refractivity contribution >= 4 is 23.6 Å². The zero-order valence-corrected chi connectivity index (χ0v) is 10.3. The topological polar surface area (TPSA) is 170 Å². The molecule has 0 aliphatic carbocycles. The number of nitro benzene ring substituents is 1. The summed E-state index contributed by atoms with van der Waals surface area (Å²) in [6, 6.07) is 3.87. The van der Waals surface area contributed by atoms with E-state index in [9.17, 15) is 20.0 Å². The minimum absolute atomic E-state index is 0.0516. The second kappa shape index (κ2) is 5.64. The van der Waals surface area contributed by atoms with Crippen molar-refractivity contribution in [2.24, 2.45) is 5.10 Å². The number of nitrogens with zero attached hydrogens (tertiary/aromatic N) is 4.